The van der Waals surface area contributed by atoms with Gasteiger partial charge in [-0.3, -0.25) is 0 Å². The summed E-state index contributed by atoms with van der Waals surface area (Å²) < 4.78 is 12.5. The monoisotopic (exact) mass is 360 g/mol. The van der Waals surface area contributed by atoms with Crippen molar-refractivity contribution in [3.05, 3.63) is 54.6 Å². The Morgan fingerprint density at radius 1 is 0.769 bits per heavy atom. The summed E-state index contributed by atoms with van der Waals surface area (Å²) in [5, 5.41) is 2.66. The molecule has 0 saturated carbocycles. The SMILES string of the molecule is CC1(C)OB(c2ccc3c(c2)Sc2cccc4cccc-3c24)OC1(C)C. The van der Waals surface area contributed by atoms with Crippen LogP contribution in [-0.4, -0.2) is 18.3 Å². The zero-order chi connectivity index (χ0) is 18.1. The summed E-state index contributed by atoms with van der Waals surface area (Å²) in [6, 6.07) is 19.7. The second kappa shape index (κ2) is 5.38. The Bertz CT molecular complexity index is 1020. The predicted molar refractivity (Wildman–Crippen MR) is 109 cm³/mol. The van der Waals surface area contributed by atoms with Gasteiger partial charge in [-0.2, -0.15) is 0 Å². The Morgan fingerprint density at radius 3 is 2.19 bits per heavy atom. The molecular weight excluding hydrogens is 339 g/mol. The molecular formula is C22H21BO2S. The molecule has 0 aliphatic carbocycles. The van der Waals surface area contributed by atoms with E-state index in [9.17, 15) is 0 Å². The Hall–Kier alpha value is -1.75. The second-order valence-electron chi connectivity index (χ2n) is 8.11. The third-order valence-corrected chi connectivity index (χ3v) is 7.03. The van der Waals surface area contributed by atoms with Crippen LogP contribution in [0, 0.1) is 0 Å². The van der Waals surface area contributed by atoms with E-state index in [1.54, 1.807) is 0 Å². The van der Waals surface area contributed by atoms with Gasteiger partial charge >= 0.3 is 7.12 Å². The van der Waals surface area contributed by atoms with E-state index in [0.29, 0.717) is 0 Å². The van der Waals surface area contributed by atoms with Crippen LogP contribution in [0.3, 0.4) is 0 Å². The molecule has 2 heterocycles. The molecule has 0 unspecified atom stereocenters. The van der Waals surface area contributed by atoms with Crippen molar-refractivity contribution in [1.82, 2.24) is 0 Å². The lowest BCUT2D eigenvalue weighted by atomic mass is 9.78. The molecule has 26 heavy (non-hydrogen) atoms. The summed E-state index contributed by atoms with van der Waals surface area (Å²) in [4.78, 5) is 2.58. The molecule has 0 spiro atoms. The van der Waals surface area contributed by atoms with E-state index in [0.717, 1.165) is 5.46 Å². The van der Waals surface area contributed by atoms with E-state index < -0.39 is 0 Å². The Balaban J connectivity index is 1.61. The summed E-state index contributed by atoms with van der Waals surface area (Å²) in [5.74, 6) is 0. The molecule has 2 aliphatic heterocycles. The van der Waals surface area contributed by atoms with Crippen molar-refractivity contribution < 1.29 is 9.31 Å². The van der Waals surface area contributed by atoms with Gasteiger partial charge in [-0.25, -0.2) is 0 Å². The average Bonchev–Trinajstić information content (AvgIpc) is 2.83. The molecule has 1 fully saturated rings. The first kappa shape index (κ1) is 16.4. The Labute approximate surface area is 159 Å². The molecule has 2 nitrogen and oxygen atoms in total. The lowest BCUT2D eigenvalue weighted by Crippen LogP contribution is -2.41. The second-order valence-corrected chi connectivity index (χ2v) is 9.19. The van der Waals surface area contributed by atoms with Crippen LogP contribution in [0.2, 0.25) is 0 Å². The van der Waals surface area contributed by atoms with E-state index in [1.165, 1.54) is 31.7 Å². The van der Waals surface area contributed by atoms with Crippen LogP contribution in [0.25, 0.3) is 21.9 Å². The third kappa shape index (κ3) is 2.29. The average molecular weight is 360 g/mol. The van der Waals surface area contributed by atoms with Gasteiger partial charge in [0.2, 0.25) is 0 Å². The zero-order valence-electron chi connectivity index (χ0n) is 15.5. The van der Waals surface area contributed by atoms with Gasteiger partial charge in [0.15, 0.2) is 0 Å². The first-order valence-electron chi connectivity index (χ1n) is 9.05. The van der Waals surface area contributed by atoms with Gasteiger partial charge in [0, 0.05) is 15.2 Å². The van der Waals surface area contributed by atoms with E-state index in [1.807, 2.05) is 11.8 Å². The highest BCUT2D eigenvalue weighted by Crippen LogP contribution is 2.47. The van der Waals surface area contributed by atoms with Crippen LogP contribution in [0.4, 0.5) is 0 Å². The van der Waals surface area contributed by atoms with Gasteiger partial charge in [-0.05, 0) is 61.8 Å². The fourth-order valence-corrected chi connectivity index (χ4v) is 4.90. The number of rotatable bonds is 1. The summed E-state index contributed by atoms with van der Waals surface area (Å²) in [6.45, 7) is 8.38. The minimum Gasteiger partial charge on any atom is -0.399 e. The van der Waals surface area contributed by atoms with Crippen LogP contribution >= 0.6 is 11.8 Å². The van der Waals surface area contributed by atoms with Gasteiger partial charge in [-0.1, -0.05) is 54.2 Å². The van der Waals surface area contributed by atoms with Crippen molar-refractivity contribution in [2.75, 3.05) is 0 Å². The highest BCUT2D eigenvalue weighted by Gasteiger charge is 2.51. The topological polar surface area (TPSA) is 18.5 Å². The molecule has 130 valence electrons. The van der Waals surface area contributed by atoms with E-state index in [2.05, 4.69) is 82.3 Å². The smallest absolute Gasteiger partial charge is 0.399 e. The standard InChI is InChI=1S/C22H21BO2S/c1-21(2)22(3,4)25-23(24-21)15-11-12-16-17-9-5-7-14-8-6-10-18(20(14)17)26-19(16)13-15/h5-13H,1-4H3. The van der Waals surface area contributed by atoms with Crippen LogP contribution in [0.15, 0.2) is 64.4 Å². The molecule has 1 saturated heterocycles. The largest absolute Gasteiger partial charge is 0.494 e. The van der Waals surface area contributed by atoms with Crippen molar-refractivity contribution >= 4 is 35.1 Å². The molecule has 2 aliphatic rings. The summed E-state index contributed by atoms with van der Waals surface area (Å²) in [7, 11) is -0.320. The molecule has 5 rings (SSSR count). The minimum absolute atomic E-state index is 0.320. The highest BCUT2D eigenvalue weighted by atomic mass is 32.2. The normalized spacial score (nSPS) is 19.6. The van der Waals surface area contributed by atoms with Crippen molar-refractivity contribution in [3.63, 3.8) is 0 Å². The van der Waals surface area contributed by atoms with Crippen molar-refractivity contribution in [2.45, 2.75) is 48.7 Å². The number of benzene rings is 3. The maximum absolute atomic E-state index is 6.24. The predicted octanol–water partition coefficient (Wildman–Crippen LogP) is 5.27. The number of fused-ring (bicyclic) bond motifs is 2. The van der Waals surface area contributed by atoms with E-state index >= 15 is 0 Å². The van der Waals surface area contributed by atoms with Crippen LogP contribution in [-0.2, 0) is 9.31 Å². The van der Waals surface area contributed by atoms with Gasteiger partial charge in [0.1, 0.15) is 0 Å². The highest BCUT2D eigenvalue weighted by molar-refractivity contribution is 7.99. The van der Waals surface area contributed by atoms with Crippen LogP contribution in [0.5, 0.6) is 0 Å². The molecule has 0 atom stereocenters. The maximum atomic E-state index is 6.24. The fourth-order valence-electron chi connectivity index (χ4n) is 3.71. The van der Waals surface area contributed by atoms with E-state index in [-0.39, 0.29) is 18.3 Å². The molecule has 3 aromatic carbocycles. The number of hydrogen-bond donors (Lipinski definition) is 0. The molecule has 0 N–H and O–H groups in total. The zero-order valence-corrected chi connectivity index (χ0v) is 16.3. The molecule has 0 radical (unpaired) electrons. The summed E-state index contributed by atoms with van der Waals surface area (Å²) in [6.07, 6.45) is 0. The van der Waals surface area contributed by atoms with Crippen molar-refractivity contribution in [3.8, 4) is 11.1 Å². The van der Waals surface area contributed by atoms with Crippen LogP contribution < -0.4 is 5.46 Å². The summed E-state index contributed by atoms with van der Waals surface area (Å²) in [5.41, 5.74) is 3.05. The van der Waals surface area contributed by atoms with Gasteiger partial charge in [-0.15, -0.1) is 0 Å². The Kier molecular flexibility index (Phi) is 3.40. The third-order valence-electron chi connectivity index (χ3n) is 5.91. The molecule has 0 amide bonds. The number of hydrogen-bond acceptors (Lipinski definition) is 3. The molecule has 3 aromatic rings. The minimum atomic E-state index is -0.321. The van der Waals surface area contributed by atoms with Crippen molar-refractivity contribution in [1.29, 1.82) is 0 Å². The first-order chi connectivity index (χ1) is 12.4. The van der Waals surface area contributed by atoms with Crippen LogP contribution in [0.1, 0.15) is 27.7 Å². The maximum Gasteiger partial charge on any atom is 0.494 e. The molecule has 4 heteroatoms. The Morgan fingerprint density at radius 2 is 1.46 bits per heavy atom. The first-order valence-corrected chi connectivity index (χ1v) is 9.87. The molecule has 0 aromatic heterocycles. The summed E-state index contributed by atoms with van der Waals surface area (Å²) >= 11 is 1.84. The van der Waals surface area contributed by atoms with Gasteiger partial charge in [0.25, 0.3) is 0 Å². The van der Waals surface area contributed by atoms with E-state index in [4.69, 9.17) is 9.31 Å². The fraction of sp³-hybridized carbons (Fsp3) is 0.273. The lowest BCUT2D eigenvalue weighted by molar-refractivity contribution is 0.00578. The quantitative estimate of drug-likeness (QED) is 0.431. The lowest BCUT2D eigenvalue weighted by Gasteiger charge is -2.32. The molecule has 0 bridgehead atoms. The van der Waals surface area contributed by atoms with Gasteiger partial charge in [0.05, 0.1) is 11.2 Å². The van der Waals surface area contributed by atoms with Crippen molar-refractivity contribution in [2.24, 2.45) is 0 Å². The van der Waals surface area contributed by atoms with Gasteiger partial charge < -0.3 is 9.31 Å².